The molecule has 1 atom stereocenters. The molecule has 0 aliphatic heterocycles. The SMILES string of the molecule is CC[C@@H](Nc1c(Nc2cccc(C(=O)N(C)C)c2O)c(=O)c1=O)C(=O)NC1CCCCC1. The van der Waals surface area contributed by atoms with Gasteiger partial charge in [0.15, 0.2) is 5.75 Å². The predicted octanol–water partition coefficient (Wildman–Crippen LogP) is 2.07. The first-order valence-corrected chi connectivity index (χ1v) is 11.0. The summed E-state index contributed by atoms with van der Waals surface area (Å²) in [6.07, 6.45) is 5.65. The molecule has 0 saturated heterocycles. The third-order valence-corrected chi connectivity index (χ3v) is 5.84. The first-order valence-electron chi connectivity index (χ1n) is 11.0. The number of aromatic hydroxyl groups is 1. The summed E-state index contributed by atoms with van der Waals surface area (Å²) in [6.45, 7) is 1.82. The van der Waals surface area contributed by atoms with Crippen LogP contribution in [0, 0.1) is 0 Å². The smallest absolute Gasteiger partial charge is 0.257 e. The number of carbonyl (C=O) groups is 2. The van der Waals surface area contributed by atoms with Gasteiger partial charge in [0, 0.05) is 20.1 Å². The Kier molecular flexibility index (Phi) is 7.17. The van der Waals surface area contributed by atoms with Crippen molar-refractivity contribution in [3.05, 3.63) is 44.2 Å². The Morgan fingerprint density at radius 1 is 1.09 bits per heavy atom. The van der Waals surface area contributed by atoms with Crippen LogP contribution in [0.1, 0.15) is 55.8 Å². The van der Waals surface area contributed by atoms with Crippen LogP contribution in [0.2, 0.25) is 0 Å². The number of phenolic OH excluding ortho intramolecular Hbond substituents is 1. The Balaban J connectivity index is 1.78. The van der Waals surface area contributed by atoms with E-state index in [-0.39, 0.29) is 40.3 Å². The molecule has 0 aromatic heterocycles. The summed E-state index contributed by atoms with van der Waals surface area (Å²) < 4.78 is 0. The highest BCUT2D eigenvalue weighted by molar-refractivity contribution is 5.99. The van der Waals surface area contributed by atoms with Gasteiger partial charge >= 0.3 is 0 Å². The topological polar surface area (TPSA) is 128 Å². The molecule has 2 aromatic rings. The number of para-hydroxylation sites is 1. The molecule has 9 nitrogen and oxygen atoms in total. The van der Waals surface area contributed by atoms with Crippen molar-refractivity contribution in [2.45, 2.75) is 57.5 Å². The first-order chi connectivity index (χ1) is 15.2. The Labute approximate surface area is 186 Å². The maximum Gasteiger partial charge on any atom is 0.257 e. The van der Waals surface area contributed by atoms with E-state index < -0.39 is 22.8 Å². The summed E-state index contributed by atoms with van der Waals surface area (Å²) in [5, 5.41) is 19.2. The molecule has 172 valence electrons. The average molecular weight is 443 g/mol. The summed E-state index contributed by atoms with van der Waals surface area (Å²) in [6, 6.07) is 3.98. The van der Waals surface area contributed by atoms with Crippen LogP contribution in [-0.2, 0) is 4.79 Å². The zero-order valence-electron chi connectivity index (χ0n) is 18.7. The lowest BCUT2D eigenvalue weighted by atomic mass is 9.95. The molecule has 0 heterocycles. The Hall–Kier alpha value is -3.36. The second kappa shape index (κ2) is 9.84. The molecule has 2 amide bonds. The molecule has 1 fully saturated rings. The van der Waals surface area contributed by atoms with E-state index in [0.717, 1.165) is 25.7 Å². The van der Waals surface area contributed by atoms with Gasteiger partial charge in [-0.15, -0.1) is 0 Å². The Morgan fingerprint density at radius 3 is 2.38 bits per heavy atom. The quantitative estimate of drug-likeness (QED) is 0.364. The van der Waals surface area contributed by atoms with Crippen molar-refractivity contribution >= 4 is 28.9 Å². The Morgan fingerprint density at radius 2 is 1.75 bits per heavy atom. The van der Waals surface area contributed by atoms with E-state index in [1.54, 1.807) is 20.2 Å². The molecule has 3 rings (SSSR count). The van der Waals surface area contributed by atoms with Crippen LogP contribution < -0.4 is 26.8 Å². The number of hydrogen-bond acceptors (Lipinski definition) is 7. The number of nitrogens with zero attached hydrogens (tertiary/aromatic N) is 1. The van der Waals surface area contributed by atoms with Gasteiger partial charge in [-0.1, -0.05) is 32.3 Å². The second-order valence-electron chi connectivity index (χ2n) is 8.38. The molecule has 32 heavy (non-hydrogen) atoms. The standard InChI is InChI=1S/C23H30N4O5/c1-4-15(22(31)24-13-9-6-5-7-10-13)25-17-18(21(30)20(17)29)26-16-12-8-11-14(19(16)28)23(32)27(2)3/h8,11-13,15,25-26,28H,4-7,9-10H2,1-3H3,(H,24,31)/t15-/m1/s1. The van der Waals surface area contributed by atoms with Crippen molar-refractivity contribution in [3.8, 4) is 5.75 Å². The largest absolute Gasteiger partial charge is 0.505 e. The minimum atomic E-state index is -0.751. The average Bonchev–Trinajstić information content (AvgIpc) is 2.79. The van der Waals surface area contributed by atoms with Gasteiger partial charge in [-0.25, -0.2) is 0 Å². The van der Waals surface area contributed by atoms with Gasteiger partial charge in [-0.05, 0) is 31.4 Å². The molecule has 9 heteroatoms. The van der Waals surface area contributed by atoms with Crippen molar-refractivity contribution < 1.29 is 14.7 Å². The number of carbonyl (C=O) groups excluding carboxylic acids is 2. The highest BCUT2D eigenvalue weighted by Gasteiger charge is 2.28. The third kappa shape index (κ3) is 4.76. The van der Waals surface area contributed by atoms with E-state index in [4.69, 9.17) is 0 Å². The zero-order valence-corrected chi connectivity index (χ0v) is 18.7. The van der Waals surface area contributed by atoms with Crippen LogP contribution in [0.3, 0.4) is 0 Å². The molecule has 4 N–H and O–H groups in total. The molecule has 0 radical (unpaired) electrons. The van der Waals surface area contributed by atoms with E-state index >= 15 is 0 Å². The highest BCUT2D eigenvalue weighted by Crippen LogP contribution is 2.32. The fourth-order valence-electron chi connectivity index (χ4n) is 3.92. The van der Waals surface area contributed by atoms with Crippen molar-refractivity contribution in [1.29, 1.82) is 0 Å². The van der Waals surface area contributed by atoms with E-state index in [9.17, 15) is 24.3 Å². The molecular formula is C23H30N4O5. The van der Waals surface area contributed by atoms with Gasteiger partial charge in [0.05, 0.1) is 11.3 Å². The number of rotatable bonds is 8. The van der Waals surface area contributed by atoms with Crippen LogP contribution >= 0.6 is 0 Å². The minimum absolute atomic E-state index is 0.00406. The molecule has 1 aliphatic carbocycles. The van der Waals surface area contributed by atoms with Gasteiger partial charge in [0.1, 0.15) is 17.4 Å². The first kappa shape index (κ1) is 23.3. The van der Waals surface area contributed by atoms with E-state index in [1.165, 1.54) is 23.5 Å². The number of benzene rings is 1. The van der Waals surface area contributed by atoms with Crippen molar-refractivity contribution in [2.24, 2.45) is 0 Å². The zero-order chi connectivity index (χ0) is 23.4. The molecule has 1 aliphatic rings. The second-order valence-corrected chi connectivity index (χ2v) is 8.38. The van der Waals surface area contributed by atoms with Gasteiger partial charge in [0.2, 0.25) is 5.91 Å². The van der Waals surface area contributed by atoms with Crippen LogP contribution in [0.5, 0.6) is 5.75 Å². The van der Waals surface area contributed by atoms with Crippen molar-refractivity contribution in [1.82, 2.24) is 10.2 Å². The summed E-state index contributed by atoms with van der Waals surface area (Å²) in [5.74, 6) is -0.938. The van der Waals surface area contributed by atoms with E-state index in [2.05, 4.69) is 16.0 Å². The summed E-state index contributed by atoms with van der Waals surface area (Å²) >= 11 is 0. The van der Waals surface area contributed by atoms with Crippen LogP contribution in [0.15, 0.2) is 27.8 Å². The fourth-order valence-corrected chi connectivity index (χ4v) is 3.92. The number of nitrogens with one attached hydrogen (secondary N) is 3. The van der Waals surface area contributed by atoms with E-state index in [0.29, 0.717) is 6.42 Å². The molecule has 1 saturated carbocycles. The van der Waals surface area contributed by atoms with Gasteiger partial charge in [-0.3, -0.25) is 19.2 Å². The summed E-state index contributed by atoms with van der Waals surface area (Å²) in [4.78, 5) is 50.7. The predicted molar refractivity (Wildman–Crippen MR) is 123 cm³/mol. The molecule has 2 aromatic carbocycles. The van der Waals surface area contributed by atoms with Crippen LogP contribution in [-0.4, -0.2) is 48.0 Å². The minimum Gasteiger partial charge on any atom is -0.505 e. The lowest BCUT2D eigenvalue weighted by Crippen LogP contribution is -2.47. The van der Waals surface area contributed by atoms with Gasteiger partial charge in [-0.2, -0.15) is 0 Å². The molecule has 0 unspecified atom stereocenters. The highest BCUT2D eigenvalue weighted by atomic mass is 16.3. The maximum atomic E-state index is 12.7. The van der Waals surface area contributed by atoms with Crippen molar-refractivity contribution in [2.75, 3.05) is 24.7 Å². The lowest BCUT2D eigenvalue weighted by molar-refractivity contribution is -0.122. The van der Waals surface area contributed by atoms with Crippen LogP contribution in [0.25, 0.3) is 0 Å². The third-order valence-electron chi connectivity index (χ3n) is 5.84. The van der Waals surface area contributed by atoms with E-state index in [1.807, 2.05) is 6.92 Å². The number of hydrogen-bond donors (Lipinski definition) is 4. The normalized spacial score (nSPS) is 15.2. The summed E-state index contributed by atoms with van der Waals surface area (Å²) in [7, 11) is 3.12. The number of amides is 2. The number of anilines is 3. The Bertz CT molecular complexity index is 1070. The molecule has 0 bridgehead atoms. The van der Waals surface area contributed by atoms with Gasteiger partial charge < -0.3 is 26.0 Å². The fraction of sp³-hybridized carbons (Fsp3) is 0.478. The lowest BCUT2D eigenvalue weighted by Gasteiger charge is -2.26. The van der Waals surface area contributed by atoms with Crippen LogP contribution in [0.4, 0.5) is 17.1 Å². The van der Waals surface area contributed by atoms with Gasteiger partial charge in [0.25, 0.3) is 16.8 Å². The van der Waals surface area contributed by atoms with Crippen molar-refractivity contribution in [3.63, 3.8) is 0 Å². The maximum absolute atomic E-state index is 12.7. The summed E-state index contributed by atoms with van der Waals surface area (Å²) in [5.41, 5.74) is -1.33. The number of phenols is 1. The molecular weight excluding hydrogens is 412 g/mol. The molecule has 0 spiro atoms. The monoisotopic (exact) mass is 442 g/mol.